The van der Waals surface area contributed by atoms with Crippen molar-refractivity contribution in [1.29, 1.82) is 0 Å². The molecule has 3 atom stereocenters. The molecule has 0 saturated carbocycles. The number of sulfonamides is 3. The van der Waals surface area contributed by atoms with Crippen LogP contribution in [0.4, 0.5) is 4.79 Å². The van der Waals surface area contributed by atoms with Crippen LogP contribution in [0, 0.1) is 6.92 Å². The molecule has 3 aliphatic rings. The molecule has 0 aliphatic carbocycles. The Labute approximate surface area is 705 Å². The lowest BCUT2D eigenvalue weighted by Gasteiger charge is -2.33. The molecule has 32 heteroatoms. The fourth-order valence-electron chi connectivity index (χ4n) is 14.7. The van der Waals surface area contributed by atoms with E-state index in [9.17, 15) is 39.6 Å². The molecular formula is C83H112Cl5N9O15S3. The van der Waals surface area contributed by atoms with Gasteiger partial charge in [0, 0.05) is 154 Å². The highest BCUT2D eigenvalue weighted by atomic mass is 35.5. The van der Waals surface area contributed by atoms with Crippen LogP contribution < -0.4 is 24.8 Å². The molecule has 6 aromatic rings. The van der Waals surface area contributed by atoms with Crippen molar-refractivity contribution in [2.75, 3.05) is 172 Å². The second-order valence-electron chi connectivity index (χ2n) is 29.6. The molecule has 0 aromatic heterocycles. The van der Waals surface area contributed by atoms with Crippen molar-refractivity contribution in [2.45, 2.75) is 130 Å². The number of halogens is 5. The van der Waals surface area contributed by atoms with Crippen molar-refractivity contribution in [1.82, 2.24) is 44.4 Å². The van der Waals surface area contributed by atoms with E-state index in [1.807, 2.05) is 64.5 Å². The SMILES string of the molecule is Cc1cc(Cl)c2c(c1)[C@H](c1cccc(S(=O)(=O)NCCOCCOCCCC(=O)CCCCN(CCCCC(=O)CCCOCCOCCNS(=O)(=O)c3cccc([C@@H]4CN(C)Cc5c(Cl)cc(Cl)cc54)c3)CCCNC(=O)NCCOCCOCCNS(=O)(=O)c3cccc([C@@H]4CN(C)Cc5c(Cl)cc(Cl)cc54)c3)c1)CN(C)C2. The highest BCUT2D eigenvalue weighted by molar-refractivity contribution is 7.90. The minimum Gasteiger partial charge on any atom is -0.379 e. The Morgan fingerprint density at radius 2 is 0.722 bits per heavy atom. The Kier molecular flexibility index (Phi) is 38.8. The number of Topliss-reactive ketones (excluding diaryl/α,β-unsaturated/α-hetero) is 2. The van der Waals surface area contributed by atoms with Crippen LogP contribution in [0.25, 0.3) is 0 Å². The smallest absolute Gasteiger partial charge is 0.314 e. The summed E-state index contributed by atoms with van der Waals surface area (Å²) in [4.78, 5) is 47.9. The van der Waals surface area contributed by atoms with Gasteiger partial charge >= 0.3 is 6.03 Å². The number of hydrogen-bond donors (Lipinski definition) is 5. The van der Waals surface area contributed by atoms with Crippen molar-refractivity contribution >= 4 is 106 Å². The zero-order valence-electron chi connectivity index (χ0n) is 66.3. The van der Waals surface area contributed by atoms with Crippen LogP contribution in [0.3, 0.4) is 0 Å². The summed E-state index contributed by atoms with van der Waals surface area (Å²) < 4.78 is 122. The van der Waals surface area contributed by atoms with Gasteiger partial charge in [0.25, 0.3) is 0 Å². The number of unbranched alkanes of at least 4 members (excludes halogenated alkanes) is 2. The molecule has 0 fully saturated rings. The van der Waals surface area contributed by atoms with Crippen LogP contribution >= 0.6 is 58.0 Å². The minimum atomic E-state index is -3.84. The Bertz CT molecular complexity index is 4070. The first-order chi connectivity index (χ1) is 55.2. The largest absolute Gasteiger partial charge is 0.379 e. The summed E-state index contributed by atoms with van der Waals surface area (Å²) in [6.45, 7) is 12.3. The number of nitrogens with zero attached hydrogens (tertiary/aromatic N) is 4. The first kappa shape index (κ1) is 93.6. The fourth-order valence-corrected chi connectivity index (χ4v) is 19.4. The summed E-state index contributed by atoms with van der Waals surface area (Å²) in [6.07, 6.45) is 6.46. The number of benzene rings is 6. The van der Waals surface area contributed by atoms with Crippen LogP contribution in [0.1, 0.15) is 144 Å². The van der Waals surface area contributed by atoms with Gasteiger partial charge in [0.05, 0.1) is 80.8 Å². The topological polar surface area (TPSA) is 282 Å². The molecule has 2 amide bonds. The number of carbonyl (C=O) groups excluding carboxylic acids is 3. The molecule has 0 saturated heterocycles. The van der Waals surface area contributed by atoms with E-state index >= 15 is 0 Å². The van der Waals surface area contributed by atoms with E-state index in [0.717, 1.165) is 99.7 Å². The van der Waals surface area contributed by atoms with Crippen molar-refractivity contribution in [3.63, 3.8) is 0 Å². The van der Waals surface area contributed by atoms with Gasteiger partial charge in [-0.3, -0.25) is 9.59 Å². The lowest BCUT2D eigenvalue weighted by atomic mass is 9.84. The van der Waals surface area contributed by atoms with Crippen LogP contribution in [0.2, 0.25) is 25.1 Å². The van der Waals surface area contributed by atoms with Gasteiger partial charge in [0.15, 0.2) is 0 Å². The number of urea groups is 1. The second-order valence-corrected chi connectivity index (χ2v) is 37.0. The van der Waals surface area contributed by atoms with Crippen molar-refractivity contribution in [3.05, 3.63) is 190 Å². The van der Waals surface area contributed by atoms with Crippen LogP contribution in [0.5, 0.6) is 0 Å². The first-order valence-electron chi connectivity index (χ1n) is 39.6. The Morgan fingerprint density at radius 3 is 1.11 bits per heavy atom. The molecule has 632 valence electrons. The molecule has 24 nitrogen and oxygen atoms in total. The third kappa shape index (κ3) is 30.4. The molecule has 0 bridgehead atoms. The predicted molar refractivity (Wildman–Crippen MR) is 452 cm³/mol. The van der Waals surface area contributed by atoms with Crippen LogP contribution in [-0.2, 0) is 87.7 Å². The summed E-state index contributed by atoms with van der Waals surface area (Å²) in [5.74, 6) is 0.0512. The van der Waals surface area contributed by atoms with E-state index in [1.54, 1.807) is 66.7 Å². The average molecular weight is 1750 g/mol. The van der Waals surface area contributed by atoms with Gasteiger partial charge in [-0.15, -0.1) is 0 Å². The molecular weight excluding hydrogens is 1640 g/mol. The van der Waals surface area contributed by atoms with Gasteiger partial charge in [-0.2, -0.15) is 0 Å². The third-order valence-electron chi connectivity index (χ3n) is 20.4. The molecule has 115 heavy (non-hydrogen) atoms. The molecule has 0 spiro atoms. The number of aryl methyl sites for hydroxylation is 1. The van der Waals surface area contributed by atoms with Gasteiger partial charge in [0.1, 0.15) is 11.6 Å². The number of carbonyl (C=O) groups is 3. The Hall–Kier alpha value is -5.29. The quantitative estimate of drug-likeness (QED) is 0.0222. The van der Waals surface area contributed by atoms with E-state index in [2.05, 4.69) is 50.5 Å². The molecule has 0 radical (unpaired) electrons. The number of amides is 2. The standard InChI is InChI=1S/C83H112Cl5N9O15S3/c1-60-45-71-74(54-94(2)57-77(71)80(86)46-60)61-15-9-22-68(47-61)113(101,102)91-27-36-110-41-39-107-33-12-20-66(98)18-5-7-30-97(31-8-6-19-67(99)21-13-34-108-40-42-111-37-28-92-114(103,104)69-23-10-16-62(48-69)75-55-95(3)58-78-72(75)50-64(84)52-81(78)87)32-14-25-89-83(100)90-26-35-109-43-44-112-38-29-93-115(105,106)70-24-11-17-63(49-70)76-56-96(4)59-79-73(76)51-65(85)53-82(79)88/h9-11,15-17,22-24,45-53,74-76,91-93H,5-8,12-14,18-21,25-44,54-59H2,1-4H3,(H2,89,90,100)/t74-,75-,76-/m0/s1. The fraction of sp³-hybridized carbons (Fsp3) is 0.530. The Morgan fingerprint density at radius 1 is 0.391 bits per heavy atom. The lowest BCUT2D eigenvalue weighted by Crippen LogP contribution is -2.39. The van der Waals surface area contributed by atoms with Gasteiger partial charge in [0.2, 0.25) is 30.1 Å². The monoisotopic (exact) mass is 1750 g/mol. The third-order valence-corrected chi connectivity index (χ3v) is 26.2. The highest BCUT2D eigenvalue weighted by Gasteiger charge is 2.32. The van der Waals surface area contributed by atoms with E-state index in [-0.39, 0.29) is 129 Å². The number of fused-ring (bicyclic) bond motifs is 3. The number of hydrogen-bond acceptors (Lipinski definition) is 19. The van der Waals surface area contributed by atoms with Gasteiger partial charge < -0.3 is 58.7 Å². The summed E-state index contributed by atoms with van der Waals surface area (Å²) in [5.41, 5.74) is 9.77. The molecule has 0 unspecified atom stereocenters. The minimum absolute atomic E-state index is 0.0285. The molecule has 5 N–H and O–H groups in total. The zero-order chi connectivity index (χ0) is 82.3. The summed E-state index contributed by atoms with van der Waals surface area (Å²) >= 11 is 32.6. The van der Waals surface area contributed by atoms with Crippen LogP contribution in [-0.4, -0.2) is 235 Å². The maximum atomic E-state index is 13.4. The molecule has 6 aromatic carbocycles. The second kappa shape index (κ2) is 47.6. The zero-order valence-corrected chi connectivity index (χ0v) is 72.5. The van der Waals surface area contributed by atoms with Crippen molar-refractivity contribution in [2.24, 2.45) is 0 Å². The summed E-state index contributed by atoms with van der Waals surface area (Å²) in [7, 11) is -5.43. The maximum absolute atomic E-state index is 13.4. The number of likely N-dealkylation sites (N-methyl/N-ethyl adjacent to an activating group) is 3. The molecule has 3 heterocycles. The molecule has 3 aliphatic heterocycles. The van der Waals surface area contributed by atoms with E-state index < -0.39 is 30.1 Å². The number of ether oxygens (including phenoxy) is 6. The van der Waals surface area contributed by atoms with Crippen molar-refractivity contribution in [3.8, 4) is 0 Å². The number of nitrogens with one attached hydrogen (secondary N) is 5. The summed E-state index contributed by atoms with van der Waals surface area (Å²) in [6, 6.07) is 31.9. The normalized spacial score (nSPS) is 16.2. The van der Waals surface area contributed by atoms with Gasteiger partial charge in [-0.25, -0.2) is 44.2 Å². The maximum Gasteiger partial charge on any atom is 0.314 e. The average Bonchev–Trinajstić information content (AvgIpc) is 0.782. The van der Waals surface area contributed by atoms with E-state index in [1.165, 1.54) is 0 Å². The first-order valence-corrected chi connectivity index (χ1v) is 45.9. The number of ketones is 2. The van der Waals surface area contributed by atoms with E-state index in [0.29, 0.717) is 144 Å². The van der Waals surface area contributed by atoms with Gasteiger partial charge in [-0.1, -0.05) is 100 Å². The number of rotatable bonds is 52. The van der Waals surface area contributed by atoms with Gasteiger partial charge in [-0.05, 0) is 215 Å². The van der Waals surface area contributed by atoms with Crippen molar-refractivity contribution < 1.29 is 68.1 Å². The highest BCUT2D eigenvalue weighted by Crippen LogP contribution is 2.42. The predicted octanol–water partition coefficient (Wildman–Crippen LogP) is 12.4. The summed E-state index contributed by atoms with van der Waals surface area (Å²) in [5, 5.41) is 8.68. The lowest BCUT2D eigenvalue weighted by molar-refractivity contribution is -0.120. The molecule has 9 rings (SSSR count). The van der Waals surface area contributed by atoms with Crippen LogP contribution in [0.15, 0.2) is 124 Å². The Balaban J connectivity index is 0.614. The van der Waals surface area contributed by atoms with E-state index in [4.69, 9.17) is 86.4 Å².